The minimum Gasteiger partial charge on any atom is -0.481 e. The Labute approximate surface area is 260 Å². The van der Waals surface area contributed by atoms with Gasteiger partial charge in [-0.25, -0.2) is 4.39 Å². The van der Waals surface area contributed by atoms with Gasteiger partial charge in [0.1, 0.15) is 5.82 Å². The molecule has 1 saturated heterocycles. The molecule has 1 amide bonds. The molecule has 0 aliphatic carbocycles. The number of carboxylic acids is 1. The van der Waals surface area contributed by atoms with Crippen LogP contribution in [0.4, 0.5) is 4.39 Å². The van der Waals surface area contributed by atoms with E-state index in [0.29, 0.717) is 60.1 Å². The molecular formula is C33H35Cl2FN2O5. The molecule has 5 rings (SSSR count). The summed E-state index contributed by atoms with van der Waals surface area (Å²) in [4.78, 5) is 28.8. The number of methoxy groups -OCH3 is 1. The van der Waals surface area contributed by atoms with Gasteiger partial charge in [-0.15, -0.1) is 0 Å². The first-order chi connectivity index (χ1) is 20.5. The lowest BCUT2D eigenvalue weighted by Gasteiger charge is -2.42. The van der Waals surface area contributed by atoms with Crippen LogP contribution < -0.4 is 0 Å². The molecule has 3 aromatic rings. The second-order valence-electron chi connectivity index (χ2n) is 11.3. The number of piperidine rings is 1. The summed E-state index contributed by atoms with van der Waals surface area (Å²) in [5.41, 5.74) is -1.09. The van der Waals surface area contributed by atoms with E-state index in [1.165, 1.54) is 18.1 Å². The number of fused-ring (bicyclic) bond motifs is 1. The van der Waals surface area contributed by atoms with Crippen LogP contribution in [0, 0.1) is 11.7 Å². The van der Waals surface area contributed by atoms with Crippen LogP contribution in [-0.2, 0) is 27.4 Å². The van der Waals surface area contributed by atoms with E-state index >= 15 is 4.39 Å². The van der Waals surface area contributed by atoms with Crippen molar-refractivity contribution in [2.75, 3.05) is 26.7 Å². The summed E-state index contributed by atoms with van der Waals surface area (Å²) in [6.45, 7) is 3.67. The van der Waals surface area contributed by atoms with Gasteiger partial charge in [0.15, 0.2) is 5.72 Å². The molecule has 0 spiro atoms. The molecule has 1 fully saturated rings. The van der Waals surface area contributed by atoms with E-state index in [1.807, 2.05) is 6.92 Å². The molecule has 2 heterocycles. The SMILES string of the molecule is CCC(O)(c1cc(F)c2c(c1)C(=O)N(Cc1ccc(Cl)cc1)[C@@]2(OC)c1ccc(Cl)cc1)C1CCN(CCC(=O)O)CC1. The predicted molar refractivity (Wildman–Crippen MR) is 163 cm³/mol. The molecule has 2 atom stereocenters. The Bertz CT molecular complexity index is 1490. The molecule has 2 aliphatic rings. The summed E-state index contributed by atoms with van der Waals surface area (Å²) in [5.74, 6) is -2.12. The molecule has 10 heteroatoms. The number of rotatable bonds is 10. The van der Waals surface area contributed by atoms with Gasteiger partial charge in [-0.2, -0.15) is 0 Å². The number of benzene rings is 3. The molecule has 7 nitrogen and oxygen atoms in total. The van der Waals surface area contributed by atoms with Gasteiger partial charge in [-0.1, -0.05) is 54.4 Å². The maximum atomic E-state index is 16.5. The van der Waals surface area contributed by atoms with Crippen molar-refractivity contribution < 1.29 is 28.9 Å². The van der Waals surface area contributed by atoms with E-state index in [0.717, 1.165) is 5.56 Å². The summed E-state index contributed by atoms with van der Waals surface area (Å²) >= 11 is 12.3. The Morgan fingerprint density at radius 1 is 1.07 bits per heavy atom. The quantitative estimate of drug-likeness (QED) is 0.269. The molecule has 43 heavy (non-hydrogen) atoms. The first kappa shape index (κ1) is 31.4. The highest BCUT2D eigenvalue weighted by Gasteiger charge is 2.54. The Balaban J connectivity index is 1.56. The Morgan fingerprint density at radius 3 is 2.23 bits per heavy atom. The van der Waals surface area contributed by atoms with Crippen molar-refractivity contribution in [1.29, 1.82) is 0 Å². The van der Waals surface area contributed by atoms with Crippen molar-refractivity contribution in [2.24, 2.45) is 5.92 Å². The molecule has 0 aromatic heterocycles. The van der Waals surface area contributed by atoms with Gasteiger partial charge in [0.2, 0.25) is 0 Å². The van der Waals surface area contributed by atoms with E-state index in [2.05, 4.69) is 4.90 Å². The number of halogens is 3. The maximum absolute atomic E-state index is 16.5. The van der Waals surface area contributed by atoms with Crippen LogP contribution in [0.3, 0.4) is 0 Å². The minimum atomic E-state index is -1.58. The zero-order valence-corrected chi connectivity index (χ0v) is 25.7. The van der Waals surface area contributed by atoms with Crippen molar-refractivity contribution in [2.45, 2.75) is 50.5 Å². The summed E-state index contributed by atoms with van der Waals surface area (Å²) < 4.78 is 22.6. The standard InChI is InChI=1S/C33H35Cl2FN2O5/c1-3-32(42,22-12-15-37(16-13-22)17-14-29(39)40)24-18-27-30(28(36)19-24)33(43-2,23-6-10-26(35)11-7-23)38(31(27)41)20-21-4-8-25(34)9-5-21/h4-11,18-19,22,42H,3,12-17,20H2,1-2H3,(H,39,40)/t32?,33-/m1/s1. The largest absolute Gasteiger partial charge is 0.481 e. The number of carbonyl (C=O) groups is 2. The fourth-order valence-electron chi connectivity index (χ4n) is 6.67. The fourth-order valence-corrected chi connectivity index (χ4v) is 6.92. The fraction of sp³-hybridized carbons (Fsp3) is 0.394. The molecule has 3 aromatic carbocycles. The number of likely N-dealkylation sites (tertiary alicyclic amines) is 1. The van der Waals surface area contributed by atoms with E-state index < -0.39 is 29.0 Å². The van der Waals surface area contributed by atoms with E-state index in [1.54, 1.807) is 54.6 Å². The molecule has 2 N–H and O–H groups in total. The third kappa shape index (κ3) is 5.79. The Hall–Kier alpha value is -3.01. The van der Waals surface area contributed by atoms with Gasteiger partial charge in [-0.05, 0) is 85.8 Å². The summed E-state index contributed by atoms with van der Waals surface area (Å²) in [6.07, 6.45) is 1.61. The molecule has 1 unspecified atom stereocenters. The summed E-state index contributed by atoms with van der Waals surface area (Å²) in [5, 5.41) is 22.1. The topological polar surface area (TPSA) is 90.3 Å². The number of aliphatic carboxylic acids is 1. The average molecular weight is 630 g/mol. The minimum absolute atomic E-state index is 0.0578. The van der Waals surface area contributed by atoms with Gasteiger partial charge in [0.25, 0.3) is 5.91 Å². The van der Waals surface area contributed by atoms with Gasteiger partial charge < -0.3 is 19.8 Å². The molecule has 0 bridgehead atoms. The van der Waals surface area contributed by atoms with Crippen LogP contribution in [0.15, 0.2) is 60.7 Å². The summed E-state index contributed by atoms with van der Waals surface area (Å²) in [6, 6.07) is 16.8. The predicted octanol–water partition coefficient (Wildman–Crippen LogP) is 6.42. The van der Waals surface area contributed by atoms with Crippen molar-refractivity contribution in [1.82, 2.24) is 9.80 Å². The van der Waals surface area contributed by atoms with E-state index in [9.17, 15) is 14.7 Å². The lowest BCUT2D eigenvalue weighted by atomic mass is 9.73. The number of amides is 1. The van der Waals surface area contributed by atoms with Crippen molar-refractivity contribution in [3.8, 4) is 0 Å². The number of carbonyl (C=O) groups excluding carboxylic acids is 1. The van der Waals surface area contributed by atoms with Crippen molar-refractivity contribution in [3.05, 3.63) is 104 Å². The highest BCUT2D eigenvalue weighted by Crippen LogP contribution is 2.49. The highest BCUT2D eigenvalue weighted by molar-refractivity contribution is 6.30. The first-order valence-corrected chi connectivity index (χ1v) is 15.2. The average Bonchev–Trinajstić information content (AvgIpc) is 3.25. The molecule has 228 valence electrons. The third-order valence-electron chi connectivity index (χ3n) is 9.01. The Morgan fingerprint density at radius 2 is 1.67 bits per heavy atom. The number of carboxylic acid groups (broad SMARTS) is 1. The lowest BCUT2D eigenvalue weighted by Crippen LogP contribution is -2.46. The van der Waals surface area contributed by atoms with Crippen LogP contribution in [-0.4, -0.2) is 58.6 Å². The highest BCUT2D eigenvalue weighted by atomic mass is 35.5. The number of nitrogens with zero attached hydrogens (tertiary/aromatic N) is 2. The molecule has 2 aliphatic heterocycles. The lowest BCUT2D eigenvalue weighted by molar-refractivity contribution is -0.137. The third-order valence-corrected chi connectivity index (χ3v) is 9.52. The van der Waals surface area contributed by atoms with Crippen molar-refractivity contribution in [3.63, 3.8) is 0 Å². The van der Waals surface area contributed by atoms with Gasteiger partial charge in [0.05, 0.1) is 23.1 Å². The summed E-state index contributed by atoms with van der Waals surface area (Å²) in [7, 11) is 1.44. The number of aliphatic hydroxyl groups is 1. The second-order valence-corrected chi connectivity index (χ2v) is 12.2. The van der Waals surface area contributed by atoms with Crippen LogP contribution in [0.25, 0.3) is 0 Å². The van der Waals surface area contributed by atoms with Gasteiger partial charge in [0, 0.05) is 35.8 Å². The van der Waals surface area contributed by atoms with Crippen LogP contribution in [0.5, 0.6) is 0 Å². The normalized spacial score (nSPS) is 20.7. The first-order valence-electron chi connectivity index (χ1n) is 14.4. The zero-order valence-electron chi connectivity index (χ0n) is 24.2. The van der Waals surface area contributed by atoms with Gasteiger partial charge in [-0.3, -0.25) is 14.5 Å². The van der Waals surface area contributed by atoms with E-state index in [-0.39, 0.29) is 30.0 Å². The number of hydrogen-bond acceptors (Lipinski definition) is 5. The molecule has 0 saturated carbocycles. The van der Waals surface area contributed by atoms with Crippen LogP contribution in [0.1, 0.15) is 65.2 Å². The van der Waals surface area contributed by atoms with Crippen molar-refractivity contribution >= 4 is 35.1 Å². The molecular weight excluding hydrogens is 594 g/mol. The maximum Gasteiger partial charge on any atom is 0.304 e. The van der Waals surface area contributed by atoms with Crippen LogP contribution >= 0.6 is 23.2 Å². The van der Waals surface area contributed by atoms with Gasteiger partial charge >= 0.3 is 5.97 Å². The second kappa shape index (κ2) is 12.5. The van der Waals surface area contributed by atoms with E-state index in [4.69, 9.17) is 33.0 Å². The number of hydrogen-bond donors (Lipinski definition) is 2. The Kier molecular flexibility index (Phi) is 9.16. The molecule has 0 radical (unpaired) electrons. The smallest absolute Gasteiger partial charge is 0.304 e. The number of ether oxygens (including phenoxy) is 1. The van der Waals surface area contributed by atoms with Crippen LogP contribution in [0.2, 0.25) is 10.0 Å². The zero-order chi connectivity index (χ0) is 30.9. The monoisotopic (exact) mass is 628 g/mol.